The monoisotopic (exact) mass is 380 g/mol. The predicted octanol–water partition coefficient (Wildman–Crippen LogP) is 4.33. The minimum absolute atomic E-state index is 0.0986. The summed E-state index contributed by atoms with van der Waals surface area (Å²) in [5.74, 6) is 0.467. The topological polar surface area (TPSA) is 60.5 Å². The second kappa shape index (κ2) is 8.99. The van der Waals surface area contributed by atoms with Crippen molar-refractivity contribution in [2.45, 2.75) is 20.4 Å². The van der Waals surface area contributed by atoms with Gasteiger partial charge in [0.15, 0.2) is 18.2 Å². The number of aryl methyl sites for hydroxylation is 2. The molecule has 0 saturated heterocycles. The van der Waals surface area contributed by atoms with E-state index in [1.807, 2.05) is 32.0 Å². The van der Waals surface area contributed by atoms with E-state index in [0.717, 1.165) is 11.1 Å². The van der Waals surface area contributed by atoms with E-state index in [-0.39, 0.29) is 24.8 Å². The summed E-state index contributed by atoms with van der Waals surface area (Å²) in [6.07, 6.45) is 3.11. The number of nitrogens with zero attached hydrogens (tertiary/aromatic N) is 1. The molecule has 1 aromatic heterocycles. The molecule has 1 heterocycles. The van der Waals surface area contributed by atoms with E-state index >= 15 is 0 Å². The average molecular weight is 380 g/mol. The van der Waals surface area contributed by atoms with E-state index in [2.05, 4.69) is 10.3 Å². The van der Waals surface area contributed by atoms with Crippen molar-refractivity contribution in [2.75, 3.05) is 6.61 Å². The molecule has 144 valence electrons. The summed E-state index contributed by atoms with van der Waals surface area (Å²) >= 11 is 0. The SMILES string of the molecule is Cc1cccc(C)c1OCC(=O)NCc1ccc(Oc2cccnc2)c(F)c1. The number of hydrogen-bond donors (Lipinski definition) is 1. The Morgan fingerprint density at radius 1 is 1.11 bits per heavy atom. The van der Waals surface area contributed by atoms with Crippen LogP contribution in [0.1, 0.15) is 16.7 Å². The van der Waals surface area contributed by atoms with Gasteiger partial charge in [-0.15, -0.1) is 0 Å². The first-order valence-electron chi connectivity index (χ1n) is 8.85. The van der Waals surface area contributed by atoms with Crippen LogP contribution in [0.4, 0.5) is 4.39 Å². The molecule has 2 aromatic carbocycles. The highest BCUT2D eigenvalue weighted by atomic mass is 19.1. The highest BCUT2D eigenvalue weighted by Gasteiger charge is 2.09. The number of hydrogen-bond acceptors (Lipinski definition) is 4. The number of halogens is 1. The highest BCUT2D eigenvalue weighted by molar-refractivity contribution is 5.77. The van der Waals surface area contributed by atoms with Crippen molar-refractivity contribution < 1.29 is 18.7 Å². The third-order valence-corrected chi connectivity index (χ3v) is 4.10. The number of carbonyl (C=O) groups is 1. The minimum atomic E-state index is -0.512. The molecule has 1 amide bonds. The number of benzene rings is 2. The van der Waals surface area contributed by atoms with Gasteiger partial charge in [0.05, 0.1) is 6.20 Å². The van der Waals surface area contributed by atoms with Crippen molar-refractivity contribution in [2.24, 2.45) is 0 Å². The molecule has 0 spiro atoms. The fourth-order valence-electron chi connectivity index (χ4n) is 2.69. The number of pyridine rings is 1. The molecule has 3 aromatic rings. The van der Waals surface area contributed by atoms with Gasteiger partial charge in [0.1, 0.15) is 11.5 Å². The molecule has 0 aliphatic heterocycles. The lowest BCUT2D eigenvalue weighted by Gasteiger charge is -2.12. The first-order chi connectivity index (χ1) is 13.5. The van der Waals surface area contributed by atoms with Crippen LogP contribution in [0.3, 0.4) is 0 Å². The molecule has 0 radical (unpaired) electrons. The number of rotatable bonds is 7. The zero-order valence-corrected chi connectivity index (χ0v) is 15.7. The van der Waals surface area contributed by atoms with E-state index in [0.29, 0.717) is 17.1 Å². The molecule has 0 aliphatic carbocycles. The van der Waals surface area contributed by atoms with Crippen LogP contribution in [0, 0.1) is 19.7 Å². The second-order valence-electron chi connectivity index (χ2n) is 6.34. The van der Waals surface area contributed by atoms with Crippen LogP contribution in [0.5, 0.6) is 17.2 Å². The Balaban J connectivity index is 1.53. The number of carbonyl (C=O) groups excluding carboxylic acids is 1. The van der Waals surface area contributed by atoms with Crippen LogP contribution in [0.15, 0.2) is 60.9 Å². The predicted molar refractivity (Wildman–Crippen MR) is 104 cm³/mol. The van der Waals surface area contributed by atoms with Gasteiger partial charge in [-0.25, -0.2) is 4.39 Å². The maximum atomic E-state index is 14.2. The smallest absolute Gasteiger partial charge is 0.258 e. The Morgan fingerprint density at radius 3 is 2.57 bits per heavy atom. The first-order valence-corrected chi connectivity index (χ1v) is 8.85. The number of nitrogens with one attached hydrogen (secondary N) is 1. The van der Waals surface area contributed by atoms with Crippen molar-refractivity contribution in [3.05, 3.63) is 83.4 Å². The third-order valence-electron chi connectivity index (χ3n) is 4.10. The summed E-state index contributed by atoms with van der Waals surface area (Å²) < 4.78 is 25.3. The quantitative estimate of drug-likeness (QED) is 0.663. The molecular formula is C22H21FN2O3. The fourth-order valence-corrected chi connectivity index (χ4v) is 2.69. The Bertz CT molecular complexity index is 941. The van der Waals surface area contributed by atoms with Gasteiger partial charge in [-0.1, -0.05) is 24.3 Å². The molecular weight excluding hydrogens is 359 g/mol. The summed E-state index contributed by atoms with van der Waals surface area (Å²) in [4.78, 5) is 16.0. The van der Waals surface area contributed by atoms with Crippen LogP contribution in [-0.4, -0.2) is 17.5 Å². The molecule has 0 aliphatic rings. The van der Waals surface area contributed by atoms with E-state index in [9.17, 15) is 9.18 Å². The molecule has 5 nitrogen and oxygen atoms in total. The Labute approximate surface area is 163 Å². The Morgan fingerprint density at radius 2 is 1.89 bits per heavy atom. The number of para-hydroxylation sites is 1. The maximum Gasteiger partial charge on any atom is 0.258 e. The Hall–Kier alpha value is -3.41. The molecule has 0 bridgehead atoms. The standard InChI is InChI=1S/C22H21FN2O3/c1-15-5-3-6-16(2)22(15)27-14-21(26)25-12-17-8-9-20(19(23)11-17)28-18-7-4-10-24-13-18/h3-11,13H,12,14H2,1-2H3,(H,25,26). The van der Waals surface area contributed by atoms with Crippen LogP contribution in [-0.2, 0) is 11.3 Å². The van der Waals surface area contributed by atoms with Crippen molar-refractivity contribution >= 4 is 5.91 Å². The molecule has 0 saturated carbocycles. The van der Waals surface area contributed by atoms with Gasteiger partial charge in [-0.05, 0) is 54.8 Å². The van der Waals surface area contributed by atoms with Gasteiger partial charge in [-0.2, -0.15) is 0 Å². The normalized spacial score (nSPS) is 10.4. The summed E-state index contributed by atoms with van der Waals surface area (Å²) in [7, 11) is 0. The highest BCUT2D eigenvalue weighted by Crippen LogP contribution is 2.24. The molecule has 0 unspecified atom stereocenters. The lowest BCUT2D eigenvalue weighted by atomic mass is 10.1. The van der Waals surface area contributed by atoms with Crippen LogP contribution in [0.25, 0.3) is 0 Å². The van der Waals surface area contributed by atoms with Gasteiger partial charge in [0.25, 0.3) is 5.91 Å². The van der Waals surface area contributed by atoms with Crippen molar-refractivity contribution in [1.82, 2.24) is 10.3 Å². The molecule has 3 rings (SSSR count). The second-order valence-corrected chi connectivity index (χ2v) is 6.34. The molecule has 0 atom stereocenters. The van der Waals surface area contributed by atoms with Crippen molar-refractivity contribution in [3.8, 4) is 17.2 Å². The summed E-state index contributed by atoms with van der Waals surface area (Å²) in [5, 5.41) is 2.72. The van der Waals surface area contributed by atoms with E-state index < -0.39 is 5.82 Å². The summed E-state index contributed by atoms with van der Waals surface area (Å²) in [6.45, 7) is 3.95. The average Bonchev–Trinajstić information content (AvgIpc) is 2.69. The number of aromatic nitrogens is 1. The van der Waals surface area contributed by atoms with Crippen molar-refractivity contribution in [1.29, 1.82) is 0 Å². The lowest BCUT2D eigenvalue weighted by molar-refractivity contribution is -0.123. The lowest BCUT2D eigenvalue weighted by Crippen LogP contribution is -2.28. The first kappa shape index (κ1) is 19.4. The van der Waals surface area contributed by atoms with Crippen LogP contribution in [0.2, 0.25) is 0 Å². The van der Waals surface area contributed by atoms with E-state index in [1.165, 1.54) is 18.3 Å². The molecule has 0 fully saturated rings. The zero-order chi connectivity index (χ0) is 19.9. The maximum absolute atomic E-state index is 14.2. The molecule has 6 heteroatoms. The van der Waals surface area contributed by atoms with Crippen molar-refractivity contribution in [3.63, 3.8) is 0 Å². The number of amides is 1. The molecule has 28 heavy (non-hydrogen) atoms. The van der Waals surface area contributed by atoms with Gasteiger partial charge < -0.3 is 14.8 Å². The summed E-state index contributed by atoms with van der Waals surface area (Å²) in [6, 6.07) is 13.7. The van der Waals surface area contributed by atoms with Crippen LogP contribution < -0.4 is 14.8 Å². The fraction of sp³-hybridized carbons (Fsp3) is 0.182. The number of ether oxygens (including phenoxy) is 2. The van der Waals surface area contributed by atoms with Gasteiger partial charge in [0.2, 0.25) is 0 Å². The third kappa shape index (κ3) is 5.07. The van der Waals surface area contributed by atoms with Crippen LogP contribution >= 0.6 is 0 Å². The zero-order valence-electron chi connectivity index (χ0n) is 15.7. The van der Waals surface area contributed by atoms with Gasteiger partial charge >= 0.3 is 0 Å². The summed E-state index contributed by atoms with van der Waals surface area (Å²) in [5.41, 5.74) is 2.56. The van der Waals surface area contributed by atoms with Gasteiger partial charge in [-0.3, -0.25) is 9.78 Å². The minimum Gasteiger partial charge on any atom is -0.483 e. The van der Waals surface area contributed by atoms with E-state index in [4.69, 9.17) is 9.47 Å². The van der Waals surface area contributed by atoms with Gasteiger partial charge in [0, 0.05) is 12.7 Å². The molecule has 1 N–H and O–H groups in total. The Kier molecular flexibility index (Phi) is 6.22. The van der Waals surface area contributed by atoms with E-state index in [1.54, 1.807) is 24.4 Å². The largest absolute Gasteiger partial charge is 0.483 e.